The number of fused-ring (bicyclic) bond motifs is 16. The lowest BCUT2D eigenvalue weighted by atomic mass is 9.87. The third-order valence-corrected chi connectivity index (χ3v) is 16.7. The summed E-state index contributed by atoms with van der Waals surface area (Å²) in [6.45, 7) is 0. The number of nitrogens with one attached hydrogen (secondary N) is 1. The molecule has 3 aromatic heterocycles. The molecule has 12 aromatic carbocycles. The van der Waals surface area contributed by atoms with E-state index in [1.165, 1.54) is 59.2 Å². The third-order valence-electron chi connectivity index (χ3n) is 16.7. The first-order valence-electron chi connectivity index (χ1n) is 27.4. The molecule has 0 aliphatic carbocycles. The van der Waals surface area contributed by atoms with Gasteiger partial charge in [-0.3, -0.25) is 0 Å². The molecule has 0 unspecified atom stereocenters. The number of hydrogen-bond donors (Lipinski definition) is 1. The molecule has 0 spiro atoms. The molecular formula is C76H46N4. The van der Waals surface area contributed by atoms with Gasteiger partial charge in [-0.05, 0) is 207 Å². The van der Waals surface area contributed by atoms with Gasteiger partial charge >= 0.3 is 0 Å². The lowest BCUT2D eigenvalue weighted by Crippen LogP contribution is -1.99. The molecule has 0 saturated heterocycles. The summed E-state index contributed by atoms with van der Waals surface area (Å²) in [6.07, 6.45) is 8.72. The van der Waals surface area contributed by atoms with E-state index in [9.17, 15) is 0 Å². The van der Waals surface area contributed by atoms with Gasteiger partial charge in [-0.1, -0.05) is 164 Å². The Hall–Kier alpha value is -10.7. The molecule has 0 saturated carbocycles. The van der Waals surface area contributed by atoms with Crippen molar-refractivity contribution in [3.05, 3.63) is 271 Å². The largest absolute Gasteiger partial charge is 0.355 e. The quantitative estimate of drug-likeness (QED) is 0.179. The van der Waals surface area contributed by atoms with Gasteiger partial charge in [0.05, 0.1) is 39.5 Å². The molecule has 5 heterocycles. The molecule has 370 valence electrons. The zero-order chi connectivity index (χ0) is 52.4. The smallest absolute Gasteiger partial charge is 0.0737 e. The van der Waals surface area contributed by atoms with Crippen molar-refractivity contribution in [1.29, 1.82) is 0 Å². The maximum absolute atomic E-state index is 5.75. The Kier molecular flexibility index (Phi) is 9.68. The molecular weight excluding hydrogens is 969 g/mol. The van der Waals surface area contributed by atoms with Gasteiger partial charge in [-0.2, -0.15) is 0 Å². The molecule has 4 nitrogen and oxygen atoms in total. The standard InChI is InChI=1S/C76H46N4/c1-5-17-50-39-66-54(35-46(50)13-1)21-9-25-63(66)73-70-34-33-61(79-70)44-60-30-29-58(77-60)43-59-31-32-62(78-59)45-72-74(64-26-10-22-55-36-47-14-2-6-18-51(47)40-67(55)64)75(65-27-11-23-56-37-48-15-3-7-19-52(48)41-68(56)65)76(73)80(72)71-28-12-24-57-38-49-16-4-8-20-53(49)42-69(57)71/h1-45,77H. The Balaban J connectivity index is 1.20. The summed E-state index contributed by atoms with van der Waals surface area (Å²) in [7, 11) is 0. The van der Waals surface area contributed by atoms with Gasteiger partial charge in [-0.25, -0.2) is 9.97 Å². The number of nitrogens with zero attached hydrogens (tertiary/aromatic N) is 3. The lowest BCUT2D eigenvalue weighted by Gasteiger charge is -2.18. The van der Waals surface area contributed by atoms with Crippen LogP contribution in [-0.4, -0.2) is 19.5 Å². The molecule has 0 atom stereocenters. The zero-order valence-corrected chi connectivity index (χ0v) is 43.3. The van der Waals surface area contributed by atoms with Crippen LogP contribution < -0.4 is 0 Å². The SMILES string of the molecule is C1=Cc2cc3c(-c4cccc5cc6ccccc6cc45)c(-c4cccc5cc6ccccc6cc45)c(c(-c4cccc5cc6ccccc6cc45)c4nc(cc5ccc(cc1n2)[nH]5)C=C4)n3-c1cccc2cc3ccccc3cc12. The molecule has 2 aliphatic rings. The Morgan fingerprint density at radius 1 is 0.275 bits per heavy atom. The minimum absolute atomic E-state index is 0.854. The highest BCUT2D eigenvalue weighted by atomic mass is 15.0. The van der Waals surface area contributed by atoms with Gasteiger partial charge in [0.25, 0.3) is 0 Å². The van der Waals surface area contributed by atoms with Crippen LogP contribution >= 0.6 is 0 Å². The number of hydrogen-bond acceptors (Lipinski definition) is 2. The molecule has 15 aromatic rings. The second-order valence-electron chi connectivity index (χ2n) is 21.4. The lowest BCUT2D eigenvalue weighted by molar-refractivity contribution is 1.19. The van der Waals surface area contributed by atoms with Crippen LogP contribution in [-0.2, 0) is 0 Å². The molecule has 80 heavy (non-hydrogen) atoms. The van der Waals surface area contributed by atoms with E-state index in [1.54, 1.807) is 0 Å². The van der Waals surface area contributed by atoms with Crippen LogP contribution in [0.4, 0.5) is 0 Å². The second-order valence-corrected chi connectivity index (χ2v) is 21.4. The molecule has 0 radical (unpaired) electrons. The number of aromatic amines is 1. The number of H-pyrrole nitrogens is 1. The highest BCUT2D eigenvalue weighted by Gasteiger charge is 2.29. The second kappa shape index (κ2) is 17.4. The first kappa shape index (κ1) is 44.4. The van der Waals surface area contributed by atoms with E-state index in [-0.39, 0.29) is 0 Å². The normalized spacial score (nSPS) is 12.4. The van der Waals surface area contributed by atoms with Crippen molar-refractivity contribution in [2.24, 2.45) is 0 Å². The van der Waals surface area contributed by atoms with E-state index in [0.29, 0.717) is 0 Å². The fourth-order valence-electron chi connectivity index (χ4n) is 13.0. The minimum atomic E-state index is 0.854. The molecule has 0 amide bonds. The summed E-state index contributed by atoms with van der Waals surface area (Å²) >= 11 is 0. The van der Waals surface area contributed by atoms with Crippen LogP contribution in [0.3, 0.4) is 0 Å². The molecule has 0 fully saturated rings. The van der Waals surface area contributed by atoms with Crippen LogP contribution in [0.1, 0.15) is 22.8 Å². The predicted molar refractivity (Wildman–Crippen MR) is 340 cm³/mol. The maximum Gasteiger partial charge on any atom is 0.0737 e. The van der Waals surface area contributed by atoms with Gasteiger partial charge in [0, 0.05) is 33.1 Å². The monoisotopic (exact) mass is 1010 g/mol. The third kappa shape index (κ3) is 7.09. The van der Waals surface area contributed by atoms with Crippen LogP contribution in [0.5, 0.6) is 0 Å². The number of aromatic nitrogens is 4. The Morgan fingerprint density at radius 3 is 1.15 bits per heavy atom. The van der Waals surface area contributed by atoms with Gasteiger partial charge in [0.2, 0.25) is 0 Å². The Labute approximate surface area is 460 Å². The summed E-state index contributed by atoms with van der Waals surface area (Å²) in [5.41, 5.74) is 15.0. The minimum Gasteiger partial charge on any atom is -0.355 e. The van der Waals surface area contributed by atoms with Crippen LogP contribution in [0, 0.1) is 0 Å². The molecule has 1 N–H and O–H groups in total. The molecule has 4 heteroatoms. The predicted octanol–water partition coefficient (Wildman–Crippen LogP) is 20.3. The first-order valence-corrected chi connectivity index (χ1v) is 27.4. The van der Waals surface area contributed by atoms with E-state index >= 15 is 0 Å². The molecule has 17 rings (SSSR count). The number of benzene rings is 12. The van der Waals surface area contributed by atoms with Crippen LogP contribution in [0.25, 0.3) is 172 Å². The summed E-state index contributed by atoms with van der Waals surface area (Å²) in [4.78, 5) is 14.8. The van der Waals surface area contributed by atoms with Crippen LogP contribution in [0.15, 0.2) is 249 Å². The highest BCUT2D eigenvalue weighted by Crippen LogP contribution is 2.52. The zero-order valence-electron chi connectivity index (χ0n) is 43.3. The fraction of sp³-hybridized carbons (Fsp3) is 0. The Morgan fingerprint density at radius 2 is 0.650 bits per heavy atom. The van der Waals surface area contributed by atoms with Gasteiger partial charge in [0.15, 0.2) is 0 Å². The van der Waals surface area contributed by atoms with E-state index in [4.69, 9.17) is 9.97 Å². The summed E-state index contributed by atoms with van der Waals surface area (Å²) < 4.78 is 2.59. The summed E-state index contributed by atoms with van der Waals surface area (Å²) in [5.74, 6) is 0. The van der Waals surface area contributed by atoms with E-state index < -0.39 is 0 Å². The summed E-state index contributed by atoms with van der Waals surface area (Å²) in [6, 6.07) is 92.2. The fourth-order valence-corrected chi connectivity index (χ4v) is 13.0. The van der Waals surface area contributed by atoms with Crippen molar-refractivity contribution in [3.63, 3.8) is 0 Å². The van der Waals surface area contributed by atoms with Gasteiger partial charge in [-0.15, -0.1) is 0 Å². The molecule has 8 bridgehead atoms. The van der Waals surface area contributed by atoms with Crippen molar-refractivity contribution in [2.75, 3.05) is 0 Å². The van der Waals surface area contributed by atoms with E-state index in [2.05, 4.69) is 283 Å². The van der Waals surface area contributed by atoms with Gasteiger partial charge in [0.1, 0.15) is 0 Å². The molecule has 2 aliphatic heterocycles. The maximum atomic E-state index is 5.75. The first-order chi connectivity index (χ1) is 39.6. The van der Waals surface area contributed by atoms with Crippen molar-refractivity contribution < 1.29 is 0 Å². The average molecular weight is 1020 g/mol. The van der Waals surface area contributed by atoms with Gasteiger partial charge < -0.3 is 9.55 Å². The van der Waals surface area contributed by atoms with Crippen molar-refractivity contribution in [1.82, 2.24) is 19.5 Å². The Bertz CT molecular complexity index is 5440. The van der Waals surface area contributed by atoms with Crippen LogP contribution in [0.2, 0.25) is 0 Å². The van der Waals surface area contributed by atoms with Crippen molar-refractivity contribution in [3.8, 4) is 39.1 Å². The highest BCUT2D eigenvalue weighted by molar-refractivity contribution is 6.22. The number of rotatable bonds is 4. The van der Waals surface area contributed by atoms with E-state index in [0.717, 1.165) is 111 Å². The van der Waals surface area contributed by atoms with E-state index in [1.807, 2.05) is 0 Å². The van der Waals surface area contributed by atoms with Crippen molar-refractivity contribution in [2.45, 2.75) is 0 Å². The average Bonchev–Trinajstić information content (AvgIpc) is 4.50. The summed E-state index contributed by atoms with van der Waals surface area (Å²) in [5, 5.41) is 18.8. The van der Waals surface area contributed by atoms with Crippen molar-refractivity contribution >= 4 is 133 Å². The topological polar surface area (TPSA) is 46.5 Å².